The average molecular weight is 337 g/mol. The van der Waals surface area contributed by atoms with Crippen LogP contribution in [0.15, 0.2) is 35.2 Å². The van der Waals surface area contributed by atoms with Crippen LogP contribution >= 0.6 is 11.8 Å². The summed E-state index contributed by atoms with van der Waals surface area (Å²) in [5.41, 5.74) is -0.682. The van der Waals surface area contributed by atoms with Crippen molar-refractivity contribution in [2.75, 3.05) is 13.2 Å². The number of hydrogen-bond acceptors (Lipinski definition) is 4. The molecular weight excluding hydrogens is 310 g/mol. The molecule has 0 spiro atoms. The Bertz CT molecular complexity index is 506. The lowest BCUT2D eigenvalue weighted by Gasteiger charge is -2.44. The van der Waals surface area contributed by atoms with Gasteiger partial charge < -0.3 is 15.2 Å². The van der Waals surface area contributed by atoms with Gasteiger partial charge in [-0.3, -0.25) is 4.79 Å². The monoisotopic (exact) mass is 337 g/mol. The summed E-state index contributed by atoms with van der Waals surface area (Å²) in [5, 5.41) is 13.1. The van der Waals surface area contributed by atoms with E-state index in [1.165, 1.54) is 4.90 Å². The first-order valence-electron chi connectivity index (χ1n) is 8.24. The van der Waals surface area contributed by atoms with Crippen molar-refractivity contribution >= 4 is 17.7 Å². The number of carboxylic acids is 1. The molecule has 1 aliphatic rings. The predicted molar refractivity (Wildman–Crippen MR) is 93.9 cm³/mol. The van der Waals surface area contributed by atoms with Gasteiger partial charge in [0, 0.05) is 17.5 Å². The topological polar surface area (TPSA) is 58.6 Å². The molecule has 0 saturated heterocycles. The van der Waals surface area contributed by atoms with E-state index >= 15 is 0 Å². The van der Waals surface area contributed by atoms with Crippen LogP contribution in [0.4, 0.5) is 0 Å². The largest absolute Gasteiger partial charge is 0.481 e. The van der Waals surface area contributed by atoms with Gasteiger partial charge in [-0.05, 0) is 52.3 Å². The van der Waals surface area contributed by atoms with E-state index in [2.05, 4.69) is 29.6 Å². The number of thioether (sulfide) groups is 1. The molecule has 0 aliphatic heterocycles. The zero-order chi connectivity index (χ0) is 16.9. The lowest BCUT2D eigenvalue weighted by atomic mass is 9.86. The number of ether oxygens (including phenoxy) is 1. The third-order valence-electron chi connectivity index (χ3n) is 4.38. The van der Waals surface area contributed by atoms with Crippen LogP contribution in [-0.2, 0) is 9.53 Å². The Morgan fingerprint density at radius 1 is 1.39 bits per heavy atom. The fraction of sp³-hybridized carbons (Fsp3) is 0.611. The number of rotatable bonds is 9. The standard InChI is InChI=1S/C18H27NO3S/c1-4-22-15-12-14(19-11-10-18(2,3)17(20)21)16(15)23-13-8-6-5-7-9-13/h5-9,14-16,19H,4,10-12H2,1-3H3,(H,20,21)/t14?,15-,16-/m1/s1. The van der Waals surface area contributed by atoms with Gasteiger partial charge in [0.1, 0.15) is 0 Å². The first-order chi connectivity index (χ1) is 10.9. The van der Waals surface area contributed by atoms with Crippen molar-refractivity contribution in [1.82, 2.24) is 5.32 Å². The van der Waals surface area contributed by atoms with Crippen LogP contribution in [0.3, 0.4) is 0 Å². The second-order valence-electron chi connectivity index (χ2n) is 6.62. The van der Waals surface area contributed by atoms with Gasteiger partial charge in [-0.2, -0.15) is 0 Å². The second-order valence-corrected chi connectivity index (χ2v) is 7.88. The Labute approximate surface area is 143 Å². The average Bonchev–Trinajstić information content (AvgIpc) is 2.52. The SMILES string of the molecule is CCO[C@@H]1CC(NCCC(C)(C)C(=O)O)[C@H]1Sc1ccccc1. The number of aliphatic carboxylic acids is 1. The number of carbonyl (C=O) groups is 1. The molecule has 0 heterocycles. The Morgan fingerprint density at radius 3 is 2.70 bits per heavy atom. The first-order valence-corrected chi connectivity index (χ1v) is 9.12. The molecule has 4 nitrogen and oxygen atoms in total. The van der Waals surface area contributed by atoms with Crippen LogP contribution in [0.1, 0.15) is 33.6 Å². The van der Waals surface area contributed by atoms with E-state index < -0.39 is 11.4 Å². The number of hydrogen-bond donors (Lipinski definition) is 2. The minimum atomic E-state index is -0.740. The molecule has 2 rings (SSSR count). The molecule has 23 heavy (non-hydrogen) atoms. The molecular formula is C18H27NO3S. The number of carboxylic acid groups (broad SMARTS) is 1. The molecule has 0 amide bonds. The molecule has 1 unspecified atom stereocenters. The Morgan fingerprint density at radius 2 is 2.09 bits per heavy atom. The van der Waals surface area contributed by atoms with E-state index in [0.717, 1.165) is 13.0 Å². The Hall–Kier alpha value is -1.04. The summed E-state index contributed by atoms with van der Waals surface area (Å²) in [6.45, 7) is 7.03. The maximum atomic E-state index is 11.2. The van der Waals surface area contributed by atoms with Crippen molar-refractivity contribution in [3.05, 3.63) is 30.3 Å². The van der Waals surface area contributed by atoms with Crippen molar-refractivity contribution in [3.63, 3.8) is 0 Å². The molecule has 0 aromatic heterocycles. The van der Waals surface area contributed by atoms with Gasteiger partial charge in [0.25, 0.3) is 0 Å². The van der Waals surface area contributed by atoms with Gasteiger partial charge in [-0.15, -0.1) is 11.8 Å². The van der Waals surface area contributed by atoms with E-state index in [0.29, 0.717) is 24.3 Å². The van der Waals surface area contributed by atoms with Crippen molar-refractivity contribution in [2.45, 2.75) is 55.9 Å². The van der Waals surface area contributed by atoms with Crippen LogP contribution in [0.25, 0.3) is 0 Å². The maximum Gasteiger partial charge on any atom is 0.309 e. The maximum absolute atomic E-state index is 11.2. The summed E-state index contributed by atoms with van der Waals surface area (Å²) in [5.74, 6) is -0.740. The van der Waals surface area contributed by atoms with Gasteiger partial charge in [-0.1, -0.05) is 18.2 Å². The first kappa shape index (κ1) is 18.3. The molecule has 128 valence electrons. The third kappa shape index (κ3) is 4.96. The normalized spacial score (nSPS) is 24.2. The highest BCUT2D eigenvalue weighted by atomic mass is 32.2. The van der Waals surface area contributed by atoms with E-state index in [1.807, 2.05) is 24.8 Å². The molecule has 0 radical (unpaired) electrons. The summed E-state index contributed by atoms with van der Waals surface area (Å²) < 4.78 is 5.82. The van der Waals surface area contributed by atoms with Crippen molar-refractivity contribution in [3.8, 4) is 0 Å². The van der Waals surface area contributed by atoms with Crippen LogP contribution in [0.2, 0.25) is 0 Å². The molecule has 1 saturated carbocycles. The highest BCUT2D eigenvalue weighted by Gasteiger charge is 2.42. The zero-order valence-electron chi connectivity index (χ0n) is 14.1. The minimum Gasteiger partial charge on any atom is -0.481 e. The van der Waals surface area contributed by atoms with E-state index in [4.69, 9.17) is 4.74 Å². The van der Waals surface area contributed by atoms with E-state index in [9.17, 15) is 9.90 Å². The van der Waals surface area contributed by atoms with Gasteiger partial charge in [0.15, 0.2) is 0 Å². The van der Waals surface area contributed by atoms with Gasteiger partial charge in [0.2, 0.25) is 0 Å². The molecule has 1 fully saturated rings. The minimum absolute atomic E-state index is 0.273. The summed E-state index contributed by atoms with van der Waals surface area (Å²) >= 11 is 1.85. The van der Waals surface area contributed by atoms with Crippen molar-refractivity contribution in [2.24, 2.45) is 5.41 Å². The Kier molecular flexibility index (Phi) is 6.50. The van der Waals surface area contributed by atoms with Crippen LogP contribution in [-0.4, -0.2) is 41.6 Å². The zero-order valence-corrected chi connectivity index (χ0v) is 14.9. The lowest BCUT2D eigenvalue weighted by Crippen LogP contribution is -2.57. The fourth-order valence-electron chi connectivity index (χ4n) is 2.65. The molecule has 1 aromatic carbocycles. The van der Waals surface area contributed by atoms with Crippen LogP contribution < -0.4 is 5.32 Å². The highest BCUT2D eigenvalue weighted by Crippen LogP contribution is 2.39. The van der Waals surface area contributed by atoms with Crippen LogP contribution in [0.5, 0.6) is 0 Å². The second kappa shape index (κ2) is 8.18. The Balaban J connectivity index is 1.87. The van der Waals surface area contributed by atoms with Gasteiger partial charge >= 0.3 is 5.97 Å². The summed E-state index contributed by atoms with van der Waals surface area (Å²) in [6.07, 6.45) is 1.89. The summed E-state index contributed by atoms with van der Waals surface area (Å²) in [6, 6.07) is 10.7. The van der Waals surface area contributed by atoms with Crippen LogP contribution in [0, 0.1) is 5.41 Å². The summed E-state index contributed by atoms with van der Waals surface area (Å²) in [7, 11) is 0. The lowest BCUT2D eigenvalue weighted by molar-refractivity contribution is -0.147. The van der Waals surface area contributed by atoms with Crippen molar-refractivity contribution < 1.29 is 14.6 Å². The molecule has 0 bridgehead atoms. The highest BCUT2D eigenvalue weighted by molar-refractivity contribution is 8.00. The fourth-order valence-corrected chi connectivity index (χ4v) is 3.99. The van der Waals surface area contributed by atoms with Gasteiger partial charge in [-0.25, -0.2) is 0 Å². The van der Waals surface area contributed by atoms with Gasteiger partial charge in [0.05, 0.1) is 16.8 Å². The summed E-state index contributed by atoms with van der Waals surface area (Å²) in [4.78, 5) is 12.4. The molecule has 3 atom stereocenters. The molecule has 2 N–H and O–H groups in total. The molecule has 5 heteroatoms. The molecule has 1 aliphatic carbocycles. The van der Waals surface area contributed by atoms with Crippen molar-refractivity contribution in [1.29, 1.82) is 0 Å². The third-order valence-corrected chi connectivity index (χ3v) is 5.83. The van der Waals surface area contributed by atoms with E-state index in [-0.39, 0.29) is 6.10 Å². The number of benzene rings is 1. The van der Waals surface area contributed by atoms with E-state index in [1.54, 1.807) is 13.8 Å². The quantitative estimate of drug-likeness (QED) is 0.723. The predicted octanol–water partition coefficient (Wildman–Crippen LogP) is 3.42. The smallest absolute Gasteiger partial charge is 0.309 e. The number of nitrogens with one attached hydrogen (secondary N) is 1. The molecule has 1 aromatic rings.